The standard InChI is InChI=1S/C15H18F2N2O2S/c1-22-14-10(16)7-9(8-11(14)17)18-15(20)19-5-6-21-13-4-2-3-12(13)19/h7-8,12-13H,2-6H2,1H3,(H,18,20)/t12-,13-/m1/s1. The molecule has 1 saturated heterocycles. The second-order valence-electron chi connectivity index (χ2n) is 5.50. The predicted molar refractivity (Wildman–Crippen MR) is 81.2 cm³/mol. The van der Waals surface area contributed by atoms with E-state index in [1.165, 1.54) is 0 Å². The molecule has 1 aliphatic heterocycles. The summed E-state index contributed by atoms with van der Waals surface area (Å²) in [4.78, 5) is 14.1. The third kappa shape index (κ3) is 2.92. The summed E-state index contributed by atoms with van der Waals surface area (Å²) in [7, 11) is 0. The summed E-state index contributed by atoms with van der Waals surface area (Å²) in [5, 5.41) is 2.60. The number of halogens is 2. The van der Waals surface area contributed by atoms with Crippen LogP contribution in [0.3, 0.4) is 0 Å². The molecule has 2 atom stereocenters. The molecule has 2 aliphatic rings. The van der Waals surface area contributed by atoms with E-state index in [4.69, 9.17) is 4.74 Å². The van der Waals surface area contributed by atoms with Gasteiger partial charge in [0, 0.05) is 12.2 Å². The van der Waals surface area contributed by atoms with E-state index >= 15 is 0 Å². The number of benzene rings is 1. The first-order valence-corrected chi connectivity index (χ1v) is 8.55. The number of fused-ring (bicyclic) bond motifs is 1. The van der Waals surface area contributed by atoms with Gasteiger partial charge in [-0.3, -0.25) is 0 Å². The van der Waals surface area contributed by atoms with Gasteiger partial charge in [0.2, 0.25) is 0 Å². The van der Waals surface area contributed by atoms with Crippen molar-refractivity contribution >= 4 is 23.5 Å². The highest BCUT2D eigenvalue weighted by Crippen LogP contribution is 2.31. The molecule has 1 heterocycles. The number of hydrogen-bond donors (Lipinski definition) is 1. The van der Waals surface area contributed by atoms with Crippen LogP contribution in [0, 0.1) is 11.6 Å². The molecule has 3 rings (SSSR count). The number of nitrogens with zero attached hydrogens (tertiary/aromatic N) is 1. The minimum Gasteiger partial charge on any atom is -0.374 e. The summed E-state index contributed by atoms with van der Waals surface area (Å²) in [5.41, 5.74) is 0.138. The van der Waals surface area contributed by atoms with Gasteiger partial charge in [0.15, 0.2) is 0 Å². The smallest absolute Gasteiger partial charge is 0.322 e. The van der Waals surface area contributed by atoms with Gasteiger partial charge in [0.25, 0.3) is 0 Å². The molecule has 0 radical (unpaired) electrons. The fourth-order valence-corrected chi connectivity index (χ4v) is 3.71. The van der Waals surface area contributed by atoms with Gasteiger partial charge in [-0.1, -0.05) is 0 Å². The molecule has 0 unspecified atom stereocenters. The number of amides is 2. The van der Waals surface area contributed by atoms with Gasteiger partial charge in [-0.05, 0) is 37.7 Å². The molecule has 4 nitrogen and oxygen atoms in total. The zero-order valence-corrected chi connectivity index (χ0v) is 13.1. The molecule has 1 aromatic rings. The van der Waals surface area contributed by atoms with Crippen molar-refractivity contribution in [1.82, 2.24) is 4.90 Å². The third-order valence-corrected chi connectivity index (χ3v) is 4.99. The summed E-state index contributed by atoms with van der Waals surface area (Å²) < 4.78 is 33.2. The fourth-order valence-electron chi connectivity index (χ4n) is 3.20. The number of rotatable bonds is 2. The molecule has 0 spiro atoms. The molecule has 0 bridgehead atoms. The van der Waals surface area contributed by atoms with E-state index in [0.717, 1.165) is 43.2 Å². The molecule has 2 fully saturated rings. The highest BCUT2D eigenvalue weighted by Gasteiger charge is 2.38. The number of carbonyl (C=O) groups excluding carboxylic acids is 1. The number of carbonyl (C=O) groups is 1. The Hall–Kier alpha value is -1.34. The molecule has 120 valence electrons. The Kier molecular flexibility index (Phi) is 4.54. The van der Waals surface area contributed by atoms with Crippen molar-refractivity contribution in [1.29, 1.82) is 0 Å². The number of nitrogens with one attached hydrogen (secondary N) is 1. The van der Waals surface area contributed by atoms with Crippen LogP contribution in [-0.4, -0.2) is 42.5 Å². The fraction of sp³-hybridized carbons (Fsp3) is 0.533. The van der Waals surface area contributed by atoms with E-state index in [1.807, 2.05) is 0 Å². The van der Waals surface area contributed by atoms with Crippen molar-refractivity contribution in [3.63, 3.8) is 0 Å². The highest BCUT2D eigenvalue weighted by molar-refractivity contribution is 7.98. The second kappa shape index (κ2) is 6.42. The van der Waals surface area contributed by atoms with Crippen molar-refractivity contribution in [3.8, 4) is 0 Å². The van der Waals surface area contributed by atoms with E-state index < -0.39 is 11.6 Å². The first-order valence-electron chi connectivity index (χ1n) is 7.32. The molecular formula is C15H18F2N2O2S. The number of thioether (sulfide) groups is 1. The summed E-state index contributed by atoms with van der Waals surface area (Å²) in [6.45, 7) is 1.00. The maximum absolute atomic E-state index is 13.8. The topological polar surface area (TPSA) is 41.6 Å². The Morgan fingerprint density at radius 1 is 1.36 bits per heavy atom. The minimum absolute atomic E-state index is 0.0415. The van der Waals surface area contributed by atoms with Gasteiger partial charge >= 0.3 is 6.03 Å². The first kappa shape index (κ1) is 15.6. The van der Waals surface area contributed by atoms with Crippen LogP contribution in [0.25, 0.3) is 0 Å². The summed E-state index contributed by atoms with van der Waals surface area (Å²) in [6, 6.07) is 2.04. The Bertz CT molecular complexity index is 562. The maximum Gasteiger partial charge on any atom is 0.322 e. The van der Waals surface area contributed by atoms with Crippen LogP contribution in [0.15, 0.2) is 17.0 Å². The third-order valence-electron chi connectivity index (χ3n) is 4.20. The lowest BCUT2D eigenvalue weighted by atomic mass is 10.1. The van der Waals surface area contributed by atoms with Crippen LogP contribution in [0.1, 0.15) is 19.3 Å². The molecule has 7 heteroatoms. The van der Waals surface area contributed by atoms with Crippen LogP contribution >= 0.6 is 11.8 Å². The van der Waals surface area contributed by atoms with Crippen molar-refractivity contribution in [3.05, 3.63) is 23.8 Å². The van der Waals surface area contributed by atoms with Crippen LogP contribution in [-0.2, 0) is 4.74 Å². The Morgan fingerprint density at radius 2 is 2.09 bits per heavy atom. The number of hydrogen-bond acceptors (Lipinski definition) is 3. The summed E-state index contributed by atoms with van der Waals surface area (Å²) in [5.74, 6) is -1.33. The van der Waals surface area contributed by atoms with Gasteiger partial charge < -0.3 is 15.0 Å². The number of urea groups is 1. The molecular weight excluding hydrogens is 310 g/mol. The van der Waals surface area contributed by atoms with Crippen molar-refractivity contribution in [2.75, 3.05) is 24.7 Å². The molecule has 2 amide bonds. The van der Waals surface area contributed by atoms with Gasteiger partial charge in [-0.2, -0.15) is 0 Å². The lowest BCUT2D eigenvalue weighted by Gasteiger charge is -2.37. The van der Waals surface area contributed by atoms with Crippen LogP contribution < -0.4 is 5.32 Å². The van der Waals surface area contributed by atoms with Crippen LogP contribution in [0.2, 0.25) is 0 Å². The zero-order valence-electron chi connectivity index (χ0n) is 12.3. The van der Waals surface area contributed by atoms with Crippen molar-refractivity contribution < 1.29 is 18.3 Å². The average molecular weight is 328 g/mol. The largest absolute Gasteiger partial charge is 0.374 e. The van der Waals surface area contributed by atoms with E-state index in [2.05, 4.69) is 5.32 Å². The molecule has 1 saturated carbocycles. The lowest BCUT2D eigenvalue weighted by molar-refractivity contribution is -0.0362. The van der Waals surface area contributed by atoms with E-state index in [1.54, 1.807) is 11.2 Å². The molecule has 1 aliphatic carbocycles. The van der Waals surface area contributed by atoms with E-state index in [9.17, 15) is 13.6 Å². The van der Waals surface area contributed by atoms with Crippen molar-refractivity contribution in [2.24, 2.45) is 0 Å². The first-order chi connectivity index (χ1) is 10.6. The summed E-state index contributed by atoms with van der Waals surface area (Å²) >= 11 is 1.00. The van der Waals surface area contributed by atoms with Gasteiger partial charge in [-0.25, -0.2) is 13.6 Å². The molecule has 1 aromatic carbocycles. The van der Waals surface area contributed by atoms with Crippen molar-refractivity contribution in [2.45, 2.75) is 36.3 Å². The molecule has 22 heavy (non-hydrogen) atoms. The van der Waals surface area contributed by atoms with Gasteiger partial charge in [0.1, 0.15) is 11.6 Å². The van der Waals surface area contributed by atoms with Crippen LogP contribution in [0.4, 0.5) is 19.3 Å². The Balaban J connectivity index is 1.74. The average Bonchev–Trinajstić information content (AvgIpc) is 2.95. The number of morpholine rings is 1. The molecule has 1 N–H and O–H groups in total. The Morgan fingerprint density at radius 3 is 2.77 bits per heavy atom. The normalized spacial score (nSPS) is 24.2. The van der Waals surface area contributed by atoms with E-state index in [-0.39, 0.29) is 28.8 Å². The minimum atomic E-state index is -0.663. The predicted octanol–water partition coefficient (Wildman–Crippen LogP) is 3.47. The van der Waals surface area contributed by atoms with Gasteiger partial charge in [-0.15, -0.1) is 11.8 Å². The highest BCUT2D eigenvalue weighted by atomic mass is 32.2. The quantitative estimate of drug-likeness (QED) is 0.845. The lowest BCUT2D eigenvalue weighted by Crippen LogP contribution is -2.52. The van der Waals surface area contributed by atoms with Gasteiger partial charge in [0.05, 0.1) is 23.6 Å². The van der Waals surface area contributed by atoms with Crippen LogP contribution in [0.5, 0.6) is 0 Å². The molecule has 0 aromatic heterocycles. The number of anilines is 1. The Labute approximate surface area is 132 Å². The maximum atomic E-state index is 13.8. The SMILES string of the molecule is CSc1c(F)cc(NC(=O)N2CCO[C@@H]3CCC[C@H]32)cc1F. The summed E-state index contributed by atoms with van der Waals surface area (Å²) in [6.07, 6.45) is 4.59. The monoisotopic (exact) mass is 328 g/mol. The second-order valence-corrected chi connectivity index (χ2v) is 6.32. The number of ether oxygens (including phenoxy) is 1. The van der Waals surface area contributed by atoms with E-state index in [0.29, 0.717) is 13.2 Å². The zero-order chi connectivity index (χ0) is 15.7.